The van der Waals surface area contributed by atoms with Gasteiger partial charge in [-0.05, 0) is 56.1 Å². The second-order valence-electron chi connectivity index (χ2n) is 12.2. The van der Waals surface area contributed by atoms with Gasteiger partial charge in [0, 0.05) is 48.2 Å². The third kappa shape index (κ3) is 4.52. The molecule has 5 rings (SSSR count). The summed E-state index contributed by atoms with van der Waals surface area (Å²) >= 11 is 0. The summed E-state index contributed by atoms with van der Waals surface area (Å²) in [7, 11) is 0. The Kier molecular flexibility index (Phi) is 7.31. The molecule has 1 N–H and O–H groups in total. The number of ether oxygens (including phenoxy) is 3. The number of rotatable bonds is 6. The molecule has 7 atom stereocenters. The molecule has 2 saturated carbocycles. The Morgan fingerprint density at radius 3 is 2.55 bits per heavy atom. The Balaban J connectivity index is 1.55. The van der Waals surface area contributed by atoms with Crippen LogP contribution in [0.25, 0.3) is 11.3 Å². The van der Waals surface area contributed by atoms with Crippen molar-refractivity contribution in [2.45, 2.75) is 91.0 Å². The van der Waals surface area contributed by atoms with E-state index in [4.69, 9.17) is 18.6 Å². The second-order valence-corrected chi connectivity index (χ2v) is 12.2. The molecule has 0 radical (unpaired) electrons. The van der Waals surface area contributed by atoms with E-state index in [1.54, 1.807) is 44.4 Å². The third-order valence-corrected chi connectivity index (χ3v) is 9.82. The zero-order chi connectivity index (χ0) is 28.9. The van der Waals surface area contributed by atoms with E-state index in [0.717, 1.165) is 0 Å². The van der Waals surface area contributed by atoms with Crippen LogP contribution in [0.15, 0.2) is 39.8 Å². The first kappa shape index (κ1) is 28.3. The molecule has 0 spiro atoms. The molecule has 2 aliphatic carbocycles. The van der Waals surface area contributed by atoms with Gasteiger partial charge in [0.25, 0.3) is 0 Å². The van der Waals surface area contributed by atoms with E-state index in [1.807, 2.05) is 13.8 Å². The van der Waals surface area contributed by atoms with Gasteiger partial charge >= 0.3 is 17.6 Å². The van der Waals surface area contributed by atoms with Gasteiger partial charge in [0.2, 0.25) is 0 Å². The highest BCUT2D eigenvalue weighted by Gasteiger charge is 2.67. The molecule has 1 aliphatic heterocycles. The summed E-state index contributed by atoms with van der Waals surface area (Å²) in [6.45, 7) is 9.76. The quantitative estimate of drug-likeness (QED) is 0.492. The van der Waals surface area contributed by atoms with Crippen molar-refractivity contribution in [3.63, 3.8) is 0 Å². The summed E-state index contributed by atoms with van der Waals surface area (Å²) in [4.78, 5) is 42.0. The molecule has 216 valence electrons. The first-order valence-corrected chi connectivity index (χ1v) is 14.3. The van der Waals surface area contributed by atoms with E-state index in [-0.39, 0.29) is 42.9 Å². The molecule has 40 heavy (non-hydrogen) atoms. The molecule has 3 heterocycles. The Morgan fingerprint density at radius 1 is 1.12 bits per heavy atom. The molecule has 0 amide bonds. The van der Waals surface area contributed by atoms with Gasteiger partial charge in [0.1, 0.15) is 35.4 Å². The van der Waals surface area contributed by atoms with Crippen molar-refractivity contribution in [3.8, 4) is 17.1 Å². The monoisotopic (exact) mass is 553 g/mol. The summed E-state index contributed by atoms with van der Waals surface area (Å²) in [5.74, 6) is -0.468. The van der Waals surface area contributed by atoms with Crippen LogP contribution in [0.3, 0.4) is 0 Å². The van der Waals surface area contributed by atoms with Gasteiger partial charge in [-0.3, -0.25) is 14.6 Å². The maximum atomic E-state index is 13.3. The van der Waals surface area contributed by atoms with Crippen molar-refractivity contribution in [3.05, 3.63) is 46.6 Å². The average Bonchev–Trinajstić information content (AvgIpc) is 2.92. The Morgan fingerprint density at radius 2 is 1.88 bits per heavy atom. The molecule has 2 aromatic rings. The normalized spacial score (nSPS) is 34.5. The Labute approximate surface area is 234 Å². The predicted molar refractivity (Wildman–Crippen MR) is 145 cm³/mol. The largest absolute Gasteiger partial charge is 0.486 e. The fraction of sp³-hybridized carbons (Fsp3) is 0.613. The van der Waals surface area contributed by atoms with Crippen LogP contribution in [0.4, 0.5) is 0 Å². The van der Waals surface area contributed by atoms with Crippen molar-refractivity contribution in [2.75, 3.05) is 6.61 Å². The number of fused-ring (bicyclic) bond motifs is 4. The predicted octanol–water partition coefficient (Wildman–Crippen LogP) is 4.99. The molecule has 3 aliphatic rings. The average molecular weight is 554 g/mol. The fourth-order valence-electron chi connectivity index (χ4n) is 7.92. The molecule has 2 fully saturated rings. The van der Waals surface area contributed by atoms with Crippen LogP contribution in [0, 0.1) is 22.7 Å². The first-order valence-electron chi connectivity index (χ1n) is 14.3. The van der Waals surface area contributed by atoms with Gasteiger partial charge in [-0.1, -0.05) is 27.7 Å². The van der Waals surface area contributed by atoms with Gasteiger partial charge < -0.3 is 23.7 Å². The molecular weight excluding hydrogens is 514 g/mol. The number of nitrogens with zero attached hydrogens (tertiary/aromatic N) is 1. The highest BCUT2D eigenvalue weighted by molar-refractivity contribution is 5.69. The summed E-state index contributed by atoms with van der Waals surface area (Å²) in [5.41, 5.74) is -1.83. The molecule has 2 aromatic heterocycles. The van der Waals surface area contributed by atoms with Gasteiger partial charge in [-0.2, -0.15) is 0 Å². The van der Waals surface area contributed by atoms with Gasteiger partial charge in [-0.25, -0.2) is 4.79 Å². The second kappa shape index (κ2) is 10.3. The molecule has 0 aromatic carbocycles. The number of esters is 2. The summed E-state index contributed by atoms with van der Waals surface area (Å²) < 4.78 is 23.9. The van der Waals surface area contributed by atoms with Gasteiger partial charge in [0.05, 0.1) is 6.10 Å². The Bertz CT molecular complexity index is 1340. The summed E-state index contributed by atoms with van der Waals surface area (Å²) in [5, 5.41) is 11.9. The number of aliphatic hydroxyl groups excluding tert-OH is 1. The molecule has 9 heteroatoms. The maximum absolute atomic E-state index is 13.3. The zero-order valence-electron chi connectivity index (χ0n) is 23.9. The lowest BCUT2D eigenvalue weighted by molar-refractivity contribution is -0.239. The molecule has 0 saturated heterocycles. The highest BCUT2D eigenvalue weighted by atomic mass is 16.6. The van der Waals surface area contributed by atoms with Crippen LogP contribution in [0.5, 0.6) is 5.75 Å². The number of hydrogen-bond donors (Lipinski definition) is 1. The minimum absolute atomic E-state index is 0.0763. The number of carbonyl (C=O) groups excluding carboxylic acids is 2. The van der Waals surface area contributed by atoms with Crippen LogP contribution in [-0.4, -0.2) is 40.3 Å². The van der Waals surface area contributed by atoms with E-state index in [1.165, 1.54) is 0 Å². The van der Waals surface area contributed by atoms with E-state index in [9.17, 15) is 19.5 Å². The highest BCUT2D eigenvalue weighted by Crippen LogP contribution is 2.67. The topological polar surface area (TPSA) is 125 Å². The SMILES string of the molecule is CCC(=O)OCC1(C)C(OC(=O)CC)CCC2(C)C3C(O)c4c(cc(-c5cccnc5)oc4=O)OC3(C)CCC12. The van der Waals surface area contributed by atoms with Crippen LogP contribution < -0.4 is 10.4 Å². The van der Waals surface area contributed by atoms with Crippen molar-refractivity contribution < 1.29 is 33.3 Å². The van der Waals surface area contributed by atoms with Crippen molar-refractivity contribution in [2.24, 2.45) is 22.7 Å². The van der Waals surface area contributed by atoms with Crippen molar-refractivity contribution in [1.82, 2.24) is 4.98 Å². The molecular formula is C31H39NO8. The van der Waals surface area contributed by atoms with Gasteiger partial charge in [0.15, 0.2) is 0 Å². The zero-order valence-corrected chi connectivity index (χ0v) is 23.9. The lowest BCUT2D eigenvalue weighted by atomic mass is 9.43. The standard InChI is InChI=1S/C31H39NO8/c1-6-23(33)37-17-30(4)21-10-13-31(5)27(29(21,3)12-11-22(30)39-24(34)7-2)26(35)25-20(40-31)15-19(38-28(25)36)18-9-8-14-32-16-18/h8-9,14-16,21-22,26-27,35H,6-7,10-13,17H2,1-5H3. The lowest BCUT2D eigenvalue weighted by Gasteiger charge is -2.65. The summed E-state index contributed by atoms with van der Waals surface area (Å²) in [6, 6.07) is 5.22. The van der Waals surface area contributed by atoms with Crippen LogP contribution in [0.2, 0.25) is 0 Å². The van der Waals surface area contributed by atoms with Crippen LogP contribution in [0.1, 0.15) is 84.8 Å². The maximum Gasteiger partial charge on any atom is 0.345 e. The third-order valence-electron chi connectivity index (χ3n) is 9.82. The lowest BCUT2D eigenvalue weighted by Crippen LogP contribution is -2.66. The van der Waals surface area contributed by atoms with Crippen molar-refractivity contribution in [1.29, 1.82) is 0 Å². The van der Waals surface area contributed by atoms with E-state index < -0.39 is 40.2 Å². The number of aliphatic hydroxyl groups is 1. The minimum atomic E-state index is -1.13. The van der Waals surface area contributed by atoms with E-state index in [2.05, 4.69) is 11.9 Å². The smallest absolute Gasteiger partial charge is 0.345 e. The number of aromatic nitrogens is 1. The molecule has 7 unspecified atom stereocenters. The number of carbonyl (C=O) groups is 2. The fourth-order valence-corrected chi connectivity index (χ4v) is 7.92. The minimum Gasteiger partial charge on any atom is -0.486 e. The Hall–Kier alpha value is -3.20. The van der Waals surface area contributed by atoms with E-state index >= 15 is 0 Å². The van der Waals surface area contributed by atoms with Gasteiger partial charge in [-0.15, -0.1) is 0 Å². The summed E-state index contributed by atoms with van der Waals surface area (Å²) in [6.07, 6.45) is 4.68. The first-order chi connectivity index (χ1) is 19.0. The van der Waals surface area contributed by atoms with E-state index in [0.29, 0.717) is 42.8 Å². The molecule has 9 nitrogen and oxygen atoms in total. The number of pyridine rings is 1. The van der Waals surface area contributed by atoms with Crippen LogP contribution in [-0.2, 0) is 19.1 Å². The van der Waals surface area contributed by atoms with Crippen molar-refractivity contribution >= 4 is 11.9 Å². The number of hydrogen-bond acceptors (Lipinski definition) is 9. The van der Waals surface area contributed by atoms with Crippen LogP contribution >= 0.6 is 0 Å². The molecule has 0 bridgehead atoms.